The third-order valence-corrected chi connectivity index (χ3v) is 7.13. The van der Waals surface area contributed by atoms with Gasteiger partial charge in [0.05, 0.1) is 13.2 Å². The second-order valence-electron chi connectivity index (χ2n) is 7.85. The molecule has 1 aromatic carbocycles. The third kappa shape index (κ3) is 3.47. The molecular formula is C22H26N2O3S. The van der Waals surface area contributed by atoms with E-state index < -0.39 is 0 Å². The van der Waals surface area contributed by atoms with Crippen LogP contribution in [0.5, 0.6) is 0 Å². The Balaban J connectivity index is 1.52. The summed E-state index contributed by atoms with van der Waals surface area (Å²) in [7, 11) is 1.41. The van der Waals surface area contributed by atoms with E-state index in [9.17, 15) is 9.59 Å². The Bertz CT molecular complexity index is 893. The average Bonchev–Trinajstić information content (AvgIpc) is 3.36. The quantitative estimate of drug-likeness (QED) is 0.740. The lowest BCUT2D eigenvalue weighted by molar-refractivity contribution is -0.130. The zero-order chi connectivity index (χ0) is 19.8. The molecule has 0 aliphatic carbocycles. The van der Waals surface area contributed by atoms with Crippen molar-refractivity contribution in [3.05, 3.63) is 57.3 Å². The van der Waals surface area contributed by atoms with Crippen LogP contribution >= 0.6 is 11.3 Å². The molecule has 0 spiro atoms. The Morgan fingerprint density at radius 3 is 2.64 bits per heavy atom. The van der Waals surface area contributed by atoms with E-state index in [1.807, 2.05) is 12.1 Å². The number of methoxy groups -OCH3 is 1. The molecule has 2 aliphatic rings. The molecule has 2 saturated heterocycles. The van der Waals surface area contributed by atoms with Crippen molar-refractivity contribution in [3.63, 3.8) is 0 Å². The molecule has 0 unspecified atom stereocenters. The highest BCUT2D eigenvalue weighted by atomic mass is 32.1. The van der Waals surface area contributed by atoms with Crippen LogP contribution in [-0.4, -0.2) is 48.4 Å². The molecule has 2 aliphatic heterocycles. The number of esters is 1. The highest BCUT2D eigenvalue weighted by Gasteiger charge is 2.48. The number of thiophene rings is 1. The van der Waals surface area contributed by atoms with Crippen LogP contribution in [0.3, 0.4) is 0 Å². The molecule has 0 N–H and O–H groups in total. The van der Waals surface area contributed by atoms with Crippen LogP contribution in [0, 0.1) is 18.8 Å². The highest BCUT2D eigenvalue weighted by molar-refractivity contribution is 7.13. The van der Waals surface area contributed by atoms with Crippen molar-refractivity contribution in [1.82, 2.24) is 9.80 Å². The van der Waals surface area contributed by atoms with Gasteiger partial charge in [-0.25, -0.2) is 4.79 Å². The second kappa shape index (κ2) is 7.68. The first kappa shape index (κ1) is 19.2. The zero-order valence-corrected chi connectivity index (χ0v) is 17.4. The van der Waals surface area contributed by atoms with Crippen molar-refractivity contribution in [3.8, 4) is 0 Å². The Kier molecular flexibility index (Phi) is 5.25. The molecule has 28 heavy (non-hydrogen) atoms. The van der Waals surface area contributed by atoms with Gasteiger partial charge in [0.25, 0.3) is 0 Å². The number of carbonyl (C=O) groups is 2. The van der Waals surface area contributed by atoms with E-state index >= 15 is 0 Å². The van der Waals surface area contributed by atoms with Crippen LogP contribution in [0.4, 0.5) is 0 Å². The summed E-state index contributed by atoms with van der Waals surface area (Å²) in [4.78, 5) is 30.4. The van der Waals surface area contributed by atoms with Gasteiger partial charge in [-0.3, -0.25) is 9.69 Å². The van der Waals surface area contributed by atoms with Crippen LogP contribution in [0.15, 0.2) is 36.4 Å². The Hall–Kier alpha value is -2.18. The summed E-state index contributed by atoms with van der Waals surface area (Å²) in [6.45, 7) is 7.45. The summed E-state index contributed by atoms with van der Waals surface area (Å²) >= 11 is 1.50. The molecule has 0 bridgehead atoms. The van der Waals surface area contributed by atoms with Gasteiger partial charge in [-0.2, -0.15) is 0 Å². The largest absolute Gasteiger partial charge is 0.465 e. The number of ether oxygens (including phenoxy) is 1. The standard InChI is InChI=1S/C22H26N2O3S/c1-14-6-4-5-7-18(14)21-19-13-23(10-16(19)11-24(21)15(2)25)12-17-8-9-20(28-17)22(26)27-3/h4-9,16,19,21H,10-13H2,1-3H3/t16-,19-,21+/m1/s1. The van der Waals surface area contributed by atoms with E-state index in [1.165, 1.54) is 34.5 Å². The fraction of sp³-hybridized carbons (Fsp3) is 0.455. The van der Waals surface area contributed by atoms with E-state index in [2.05, 4.69) is 41.0 Å². The molecule has 2 aromatic rings. The zero-order valence-electron chi connectivity index (χ0n) is 16.6. The molecule has 3 atom stereocenters. The first-order valence-electron chi connectivity index (χ1n) is 9.70. The van der Waals surface area contributed by atoms with Gasteiger partial charge in [0, 0.05) is 43.9 Å². The minimum absolute atomic E-state index is 0.155. The summed E-state index contributed by atoms with van der Waals surface area (Å²) < 4.78 is 4.81. The molecule has 5 nitrogen and oxygen atoms in total. The topological polar surface area (TPSA) is 49.9 Å². The number of nitrogens with zero attached hydrogens (tertiary/aromatic N) is 2. The van der Waals surface area contributed by atoms with Gasteiger partial charge < -0.3 is 9.64 Å². The molecule has 4 rings (SSSR count). The first-order valence-corrected chi connectivity index (χ1v) is 10.5. The Morgan fingerprint density at radius 1 is 1.14 bits per heavy atom. The molecule has 0 saturated carbocycles. The van der Waals surface area contributed by atoms with Crippen molar-refractivity contribution in [2.24, 2.45) is 11.8 Å². The van der Waals surface area contributed by atoms with Gasteiger partial charge in [-0.15, -0.1) is 11.3 Å². The maximum absolute atomic E-state index is 12.3. The lowest BCUT2D eigenvalue weighted by atomic mass is 9.87. The van der Waals surface area contributed by atoms with Crippen molar-refractivity contribution < 1.29 is 14.3 Å². The summed E-state index contributed by atoms with van der Waals surface area (Å²) in [6, 6.07) is 12.4. The molecule has 0 radical (unpaired) electrons. The average molecular weight is 399 g/mol. The molecule has 148 valence electrons. The van der Waals surface area contributed by atoms with Crippen molar-refractivity contribution in [1.29, 1.82) is 0 Å². The molecule has 3 heterocycles. The van der Waals surface area contributed by atoms with E-state index in [1.54, 1.807) is 6.92 Å². The number of carbonyl (C=O) groups excluding carboxylic acids is 2. The number of rotatable bonds is 4. The molecule has 1 amide bonds. The van der Waals surface area contributed by atoms with Crippen LogP contribution in [-0.2, 0) is 16.1 Å². The fourth-order valence-electron chi connectivity index (χ4n) is 4.80. The van der Waals surface area contributed by atoms with E-state index in [0.717, 1.165) is 26.2 Å². The monoisotopic (exact) mass is 398 g/mol. The minimum atomic E-state index is -0.272. The summed E-state index contributed by atoms with van der Waals surface area (Å²) in [6.07, 6.45) is 0. The summed E-state index contributed by atoms with van der Waals surface area (Å²) in [5.41, 5.74) is 2.52. The normalized spacial score (nSPS) is 24.4. The number of aryl methyl sites for hydroxylation is 1. The van der Waals surface area contributed by atoms with Gasteiger partial charge in [-0.1, -0.05) is 24.3 Å². The predicted octanol–water partition coefficient (Wildman–Crippen LogP) is 3.49. The summed E-state index contributed by atoms with van der Waals surface area (Å²) in [5.74, 6) is 0.833. The van der Waals surface area contributed by atoms with Gasteiger partial charge in [0.1, 0.15) is 4.88 Å². The maximum Gasteiger partial charge on any atom is 0.348 e. The van der Waals surface area contributed by atoms with Gasteiger partial charge >= 0.3 is 5.97 Å². The van der Waals surface area contributed by atoms with E-state index in [-0.39, 0.29) is 17.9 Å². The van der Waals surface area contributed by atoms with Crippen molar-refractivity contribution in [2.75, 3.05) is 26.7 Å². The number of hydrogen-bond donors (Lipinski definition) is 0. The fourth-order valence-corrected chi connectivity index (χ4v) is 5.77. The smallest absolute Gasteiger partial charge is 0.348 e. The van der Waals surface area contributed by atoms with Crippen molar-refractivity contribution >= 4 is 23.2 Å². The molecule has 6 heteroatoms. The predicted molar refractivity (Wildman–Crippen MR) is 109 cm³/mol. The Labute approximate surface area is 169 Å². The van der Waals surface area contributed by atoms with Gasteiger partial charge in [0.2, 0.25) is 5.91 Å². The second-order valence-corrected chi connectivity index (χ2v) is 9.02. The van der Waals surface area contributed by atoms with Crippen LogP contribution < -0.4 is 0 Å². The maximum atomic E-state index is 12.3. The third-order valence-electron chi connectivity index (χ3n) is 6.08. The first-order chi connectivity index (χ1) is 13.5. The van der Waals surface area contributed by atoms with Crippen LogP contribution in [0.2, 0.25) is 0 Å². The number of benzene rings is 1. The molecule has 2 fully saturated rings. The lowest BCUT2D eigenvalue weighted by Crippen LogP contribution is -2.34. The number of fused-ring (bicyclic) bond motifs is 1. The van der Waals surface area contributed by atoms with Crippen LogP contribution in [0.1, 0.15) is 38.6 Å². The molecule has 1 aromatic heterocycles. The SMILES string of the molecule is COC(=O)c1ccc(CN2C[C@@H]3CN(C(C)=O)[C@@H](c4ccccc4C)[C@@H]3C2)s1. The number of likely N-dealkylation sites (tertiary alicyclic amines) is 2. The lowest BCUT2D eigenvalue weighted by Gasteiger charge is -2.30. The van der Waals surface area contributed by atoms with Crippen molar-refractivity contribution in [2.45, 2.75) is 26.4 Å². The highest BCUT2D eigenvalue weighted by Crippen LogP contribution is 2.46. The van der Waals surface area contributed by atoms with Gasteiger partial charge in [0.15, 0.2) is 0 Å². The minimum Gasteiger partial charge on any atom is -0.465 e. The molecular weight excluding hydrogens is 372 g/mol. The Morgan fingerprint density at radius 2 is 1.93 bits per heavy atom. The summed E-state index contributed by atoms with van der Waals surface area (Å²) in [5, 5.41) is 0. The van der Waals surface area contributed by atoms with Crippen LogP contribution in [0.25, 0.3) is 0 Å². The number of hydrogen-bond acceptors (Lipinski definition) is 5. The van der Waals surface area contributed by atoms with E-state index in [4.69, 9.17) is 4.74 Å². The van der Waals surface area contributed by atoms with E-state index in [0.29, 0.717) is 16.7 Å². The number of amides is 1. The van der Waals surface area contributed by atoms with Gasteiger partial charge in [-0.05, 0) is 36.1 Å².